The number of hydrogen-bond acceptors (Lipinski definition) is 3. The van der Waals surface area contributed by atoms with Crippen molar-refractivity contribution in [3.63, 3.8) is 0 Å². The molecule has 0 aromatic carbocycles. The van der Waals surface area contributed by atoms with E-state index in [2.05, 4.69) is 48.9 Å². The molecule has 0 aliphatic rings. The van der Waals surface area contributed by atoms with Crippen molar-refractivity contribution in [2.45, 2.75) is 110 Å². The molecule has 0 aliphatic heterocycles. The number of rotatable bonds is 19. The summed E-state index contributed by atoms with van der Waals surface area (Å²) < 4.78 is 0. The van der Waals surface area contributed by atoms with Gasteiger partial charge in [0.05, 0.1) is 0 Å². The van der Waals surface area contributed by atoms with E-state index in [0.29, 0.717) is 25.9 Å². The number of unbranched alkanes of at least 4 members (excludes halogenated alkanes) is 6. The molecule has 0 unspecified atom stereocenters. The lowest BCUT2D eigenvalue weighted by molar-refractivity contribution is -0.129. The van der Waals surface area contributed by atoms with E-state index in [1.54, 1.807) is 0 Å². The zero-order valence-corrected chi connectivity index (χ0v) is 19.6. The highest BCUT2D eigenvalue weighted by molar-refractivity contribution is 5.88. The van der Waals surface area contributed by atoms with Crippen LogP contribution >= 0.6 is 0 Å². The molecule has 174 valence electrons. The standard InChI is InChI=1S/C24H45N3O3/c1-4-7-10-11-12-13-14-15-16-23(29)27-21(24(30)26-20-9-6-3)17-18-22(28)25-19-8-5-2/h11-12,21H,4-10,13-20H2,1-3H3,(H,25,28)(H,26,30)(H,27,29)/b12-11+/t21-/m0/s1. The SMILES string of the molecule is CCCC/C=C/CCCCC(=O)N[C@@H](CCC(=O)NCCCC)C(=O)NCCCC. The van der Waals surface area contributed by atoms with E-state index >= 15 is 0 Å². The molecule has 0 aromatic rings. The van der Waals surface area contributed by atoms with Gasteiger partial charge in [0.2, 0.25) is 17.7 Å². The van der Waals surface area contributed by atoms with E-state index < -0.39 is 6.04 Å². The Morgan fingerprint density at radius 3 is 1.93 bits per heavy atom. The fraction of sp³-hybridized carbons (Fsp3) is 0.792. The van der Waals surface area contributed by atoms with Crippen LogP contribution in [0, 0.1) is 0 Å². The molecule has 0 aromatic heterocycles. The molecule has 30 heavy (non-hydrogen) atoms. The monoisotopic (exact) mass is 423 g/mol. The molecule has 0 saturated carbocycles. The molecule has 0 saturated heterocycles. The largest absolute Gasteiger partial charge is 0.356 e. The summed E-state index contributed by atoms with van der Waals surface area (Å²) in [5, 5.41) is 8.57. The van der Waals surface area contributed by atoms with Crippen LogP contribution < -0.4 is 16.0 Å². The average molecular weight is 424 g/mol. The van der Waals surface area contributed by atoms with Crippen molar-refractivity contribution in [2.75, 3.05) is 13.1 Å². The molecule has 3 N–H and O–H groups in total. The summed E-state index contributed by atoms with van der Waals surface area (Å²) in [6.45, 7) is 7.56. The number of hydrogen-bond donors (Lipinski definition) is 3. The minimum absolute atomic E-state index is 0.0704. The van der Waals surface area contributed by atoms with E-state index in [4.69, 9.17) is 0 Å². The first-order valence-corrected chi connectivity index (χ1v) is 12.0. The number of allylic oxidation sites excluding steroid dienone is 2. The molecule has 0 radical (unpaired) electrons. The maximum atomic E-state index is 12.5. The van der Waals surface area contributed by atoms with Gasteiger partial charge in [0, 0.05) is 25.9 Å². The van der Waals surface area contributed by atoms with Gasteiger partial charge in [0.1, 0.15) is 6.04 Å². The normalized spacial score (nSPS) is 12.0. The number of carbonyl (C=O) groups is 3. The predicted octanol–water partition coefficient (Wildman–Crippen LogP) is 4.39. The Labute approximate surface area is 184 Å². The van der Waals surface area contributed by atoms with Gasteiger partial charge in [0.25, 0.3) is 0 Å². The van der Waals surface area contributed by atoms with Crippen LogP contribution in [0.2, 0.25) is 0 Å². The lowest BCUT2D eigenvalue weighted by atomic mass is 10.1. The van der Waals surface area contributed by atoms with E-state index in [1.165, 1.54) is 12.8 Å². The topological polar surface area (TPSA) is 87.3 Å². The van der Waals surface area contributed by atoms with Crippen LogP contribution in [0.1, 0.15) is 104 Å². The van der Waals surface area contributed by atoms with Crippen molar-refractivity contribution in [3.05, 3.63) is 12.2 Å². The molecular formula is C24H45N3O3. The lowest BCUT2D eigenvalue weighted by Gasteiger charge is -2.18. The molecule has 0 bridgehead atoms. The van der Waals surface area contributed by atoms with Crippen LogP contribution in [0.4, 0.5) is 0 Å². The van der Waals surface area contributed by atoms with Gasteiger partial charge >= 0.3 is 0 Å². The summed E-state index contributed by atoms with van der Waals surface area (Å²) in [6.07, 6.45) is 15.5. The molecule has 6 nitrogen and oxygen atoms in total. The summed E-state index contributed by atoms with van der Waals surface area (Å²) in [6, 6.07) is -0.653. The third-order valence-corrected chi connectivity index (χ3v) is 4.91. The van der Waals surface area contributed by atoms with Gasteiger partial charge in [-0.1, -0.05) is 58.6 Å². The number of amides is 3. The average Bonchev–Trinajstić information content (AvgIpc) is 2.73. The second-order valence-electron chi connectivity index (χ2n) is 7.87. The zero-order chi connectivity index (χ0) is 22.5. The summed E-state index contributed by atoms with van der Waals surface area (Å²) in [4.78, 5) is 36.7. The van der Waals surface area contributed by atoms with Crippen LogP contribution in [0.3, 0.4) is 0 Å². The molecule has 3 amide bonds. The third-order valence-electron chi connectivity index (χ3n) is 4.91. The van der Waals surface area contributed by atoms with Gasteiger partial charge in [-0.05, 0) is 44.9 Å². The van der Waals surface area contributed by atoms with Gasteiger partial charge in [-0.3, -0.25) is 14.4 Å². The minimum Gasteiger partial charge on any atom is -0.356 e. The van der Waals surface area contributed by atoms with Crippen LogP contribution in [0.25, 0.3) is 0 Å². The first-order chi connectivity index (χ1) is 14.5. The van der Waals surface area contributed by atoms with Gasteiger partial charge < -0.3 is 16.0 Å². The first-order valence-electron chi connectivity index (χ1n) is 12.0. The van der Waals surface area contributed by atoms with Gasteiger partial charge in [-0.25, -0.2) is 0 Å². The van der Waals surface area contributed by atoms with E-state index in [-0.39, 0.29) is 24.1 Å². The molecule has 0 aliphatic carbocycles. The summed E-state index contributed by atoms with van der Waals surface area (Å²) in [5.74, 6) is -0.386. The Morgan fingerprint density at radius 2 is 1.30 bits per heavy atom. The highest BCUT2D eigenvalue weighted by atomic mass is 16.2. The van der Waals surface area contributed by atoms with Crippen LogP contribution in [0.15, 0.2) is 12.2 Å². The minimum atomic E-state index is -0.653. The lowest BCUT2D eigenvalue weighted by Crippen LogP contribution is -2.47. The van der Waals surface area contributed by atoms with Crippen LogP contribution in [0.5, 0.6) is 0 Å². The van der Waals surface area contributed by atoms with Gasteiger partial charge in [0.15, 0.2) is 0 Å². The molecule has 0 heterocycles. The van der Waals surface area contributed by atoms with E-state index in [0.717, 1.165) is 51.4 Å². The van der Waals surface area contributed by atoms with Crippen molar-refractivity contribution >= 4 is 17.7 Å². The number of carbonyl (C=O) groups excluding carboxylic acids is 3. The highest BCUT2D eigenvalue weighted by Crippen LogP contribution is 2.05. The summed E-state index contributed by atoms with van der Waals surface area (Å²) >= 11 is 0. The Balaban J connectivity index is 4.35. The Bertz CT molecular complexity index is 492. The second kappa shape index (κ2) is 20.4. The van der Waals surface area contributed by atoms with E-state index in [1.807, 2.05) is 0 Å². The van der Waals surface area contributed by atoms with Crippen molar-refractivity contribution in [2.24, 2.45) is 0 Å². The molecule has 0 fully saturated rings. The molecule has 1 atom stereocenters. The molecular weight excluding hydrogens is 378 g/mol. The maximum absolute atomic E-state index is 12.5. The highest BCUT2D eigenvalue weighted by Gasteiger charge is 2.21. The quantitative estimate of drug-likeness (QED) is 0.213. The van der Waals surface area contributed by atoms with Crippen LogP contribution in [-0.4, -0.2) is 36.9 Å². The molecule has 6 heteroatoms. The first kappa shape index (κ1) is 28.1. The van der Waals surface area contributed by atoms with E-state index in [9.17, 15) is 14.4 Å². The fourth-order valence-electron chi connectivity index (χ4n) is 2.92. The van der Waals surface area contributed by atoms with Gasteiger partial charge in [-0.2, -0.15) is 0 Å². The van der Waals surface area contributed by atoms with Crippen LogP contribution in [-0.2, 0) is 14.4 Å². The van der Waals surface area contributed by atoms with Crippen molar-refractivity contribution < 1.29 is 14.4 Å². The summed E-state index contributed by atoms with van der Waals surface area (Å²) in [7, 11) is 0. The van der Waals surface area contributed by atoms with Gasteiger partial charge in [-0.15, -0.1) is 0 Å². The third kappa shape index (κ3) is 17.0. The Morgan fingerprint density at radius 1 is 0.700 bits per heavy atom. The number of nitrogens with one attached hydrogen (secondary N) is 3. The zero-order valence-electron chi connectivity index (χ0n) is 19.6. The second-order valence-corrected chi connectivity index (χ2v) is 7.87. The summed E-state index contributed by atoms with van der Waals surface area (Å²) in [5.41, 5.74) is 0. The van der Waals surface area contributed by atoms with Crippen molar-refractivity contribution in [1.29, 1.82) is 0 Å². The van der Waals surface area contributed by atoms with Crippen molar-refractivity contribution in [1.82, 2.24) is 16.0 Å². The Kier molecular flexibility index (Phi) is 19.2. The van der Waals surface area contributed by atoms with Crippen molar-refractivity contribution in [3.8, 4) is 0 Å². The molecule has 0 rings (SSSR count). The molecule has 0 spiro atoms. The Hall–Kier alpha value is -1.85. The predicted molar refractivity (Wildman–Crippen MR) is 124 cm³/mol. The maximum Gasteiger partial charge on any atom is 0.242 e. The fourth-order valence-corrected chi connectivity index (χ4v) is 2.92. The smallest absolute Gasteiger partial charge is 0.242 e.